The van der Waals surface area contributed by atoms with E-state index in [1.54, 1.807) is 0 Å². The lowest BCUT2D eigenvalue weighted by Crippen LogP contribution is -2.20. The molecule has 0 saturated heterocycles. The van der Waals surface area contributed by atoms with Crippen molar-refractivity contribution in [2.45, 2.75) is 33.2 Å². The molecular formula is C12H21NO2. The zero-order chi connectivity index (χ0) is 11.1. The van der Waals surface area contributed by atoms with Gasteiger partial charge in [-0.2, -0.15) is 0 Å². The summed E-state index contributed by atoms with van der Waals surface area (Å²) in [5, 5.41) is 3.40. The van der Waals surface area contributed by atoms with Crippen molar-refractivity contribution in [3.63, 3.8) is 0 Å². The highest BCUT2D eigenvalue weighted by molar-refractivity contribution is 5.08. The van der Waals surface area contributed by atoms with E-state index in [1.165, 1.54) is 0 Å². The standard InChI is InChI=1S/C12H21NO2/c1-4-14-9-5-8-13-11(3)12-7-6-10(2)15-12/h6-7,11,13H,4-5,8-9H2,1-3H3. The molecule has 0 aliphatic heterocycles. The van der Waals surface area contributed by atoms with Gasteiger partial charge in [0.1, 0.15) is 11.5 Å². The molecule has 3 heteroatoms. The molecule has 0 saturated carbocycles. The Morgan fingerprint density at radius 3 is 2.87 bits per heavy atom. The van der Waals surface area contributed by atoms with Crippen LogP contribution in [-0.2, 0) is 4.74 Å². The fourth-order valence-electron chi connectivity index (χ4n) is 1.42. The molecule has 0 bridgehead atoms. The Bertz CT molecular complexity index is 270. The van der Waals surface area contributed by atoms with Crippen LogP contribution in [0, 0.1) is 6.92 Å². The maximum Gasteiger partial charge on any atom is 0.120 e. The Labute approximate surface area is 91.8 Å². The van der Waals surface area contributed by atoms with Crippen LogP contribution in [0.15, 0.2) is 16.5 Å². The Morgan fingerprint density at radius 1 is 1.47 bits per heavy atom. The van der Waals surface area contributed by atoms with Gasteiger partial charge in [0.05, 0.1) is 6.04 Å². The van der Waals surface area contributed by atoms with E-state index in [9.17, 15) is 0 Å². The van der Waals surface area contributed by atoms with Gasteiger partial charge >= 0.3 is 0 Å². The van der Waals surface area contributed by atoms with Crippen LogP contribution in [0.3, 0.4) is 0 Å². The van der Waals surface area contributed by atoms with E-state index in [0.717, 1.165) is 37.7 Å². The van der Waals surface area contributed by atoms with Crippen LogP contribution < -0.4 is 5.32 Å². The van der Waals surface area contributed by atoms with Crippen LogP contribution in [0.2, 0.25) is 0 Å². The van der Waals surface area contributed by atoms with Crippen molar-refractivity contribution in [1.82, 2.24) is 5.32 Å². The fourth-order valence-corrected chi connectivity index (χ4v) is 1.42. The van der Waals surface area contributed by atoms with Crippen LogP contribution in [-0.4, -0.2) is 19.8 Å². The second-order valence-corrected chi connectivity index (χ2v) is 3.67. The minimum Gasteiger partial charge on any atom is -0.465 e. The second kappa shape index (κ2) is 6.64. The monoisotopic (exact) mass is 211 g/mol. The molecule has 0 aliphatic rings. The number of rotatable bonds is 7. The largest absolute Gasteiger partial charge is 0.465 e. The van der Waals surface area contributed by atoms with Crippen molar-refractivity contribution in [3.05, 3.63) is 23.7 Å². The molecule has 0 radical (unpaired) electrons. The van der Waals surface area contributed by atoms with E-state index >= 15 is 0 Å². The minimum atomic E-state index is 0.278. The van der Waals surface area contributed by atoms with Gasteiger partial charge < -0.3 is 14.5 Å². The lowest BCUT2D eigenvalue weighted by molar-refractivity contribution is 0.144. The molecule has 0 aromatic carbocycles. The average Bonchev–Trinajstić information content (AvgIpc) is 2.64. The number of nitrogens with one attached hydrogen (secondary N) is 1. The van der Waals surface area contributed by atoms with Gasteiger partial charge in [-0.15, -0.1) is 0 Å². The molecule has 0 aliphatic carbocycles. The van der Waals surface area contributed by atoms with Gasteiger partial charge in [0, 0.05) is 13.2 Å². The topological polar surface area (TPSA) is 34.4 Å². The smallest absolute Gasteiger partial charge is 0.120 e. The van der Waals surface area contributed by atoms with Crippen LogP contribution in [0.4, 0.5) is 0 Å². The predicted molar refractivity (Wildman–Crippen MR) is 61.0 cm³/mol. The van der Waals surface area contributed by atoms with Crippen LogP contribution >= 0.6 is 0 Å². The fraction of sp³-hybridized carbons (Fsp3) is 0.667. The zero-order valence-electron chi connectivity index (χ0n) is 9.88. The summed E-state index contributed by atoms with van der Waals surface area (Å²) < 4.78 is 10.8. The first-order valence-corrected chi connectivity index (χ1v) is 5.61. The lowest BCUT2D eigenvalue weighted by Gasteiger charge is -2.10. The van der Waals surface area contributed by atoms with E-state index in [-0.39, 0.29) is 6.04 Å². The number of furan rings is 1. The maximum atomic E-state index is 5.53. The summed E-state index contributed by atoms with van der Waals surface area (Å²) in [6, 6.07) is 4.30. The maximum absolute atomic E-state index is 5.53. The Morgan fingerprint density at radius 2 is 2.27 bits per heavy atom. The first-order valence-electron chi connectivity index (χ1n) is 5.61. The van der Waals surface area contributed by atoms with E-state index in [2.05, 4.69) is 12.2 Å². The van der Waals surface area contributed by atoms with Crippen molar-refractivity contribution in [1.29, 1.82) is 0 Å². The molecule has 0 amide bonds. The molecule has 1 N–H and O–H groups in total. The highest BCUT2D eigenvalue weighted by Gasteiger charge is 2.07. The van der Waals surface area contributed by atoms with Crippen molar-refractivity contribution in [2.24, 2.45) is 0 Å². The van der Waals surface area contributed by atoms with Gasteiger partial charge in [0.15, 0.2) is 0 Å². The van der Waals surface area contributed by atoms with Gasteiger partial charge in [0.2, 0.25) is 0 Å². The SMILES string of the molecule is CCOCCCNC(C)c1ccc(C)o1. The highest BCUT2D eigenvalue weighted by Crippen LogP contribution is 2.15. The first-order chi connectivity index (χ1) is 7.24. The van der Waals surface area contributed by atoms with E-state index in [0.29, 0.717) is 0 Å². The first kappa shape index (κ1) is 12.3. The molecule has 1 atom stereocenters. The highest BCUT2D eigenvalue weighted by atomic mass is 16.5. The van der Waals surface area contributed by atoms with Crippen molar-refractivity contribution in [2.75, 3.05) is 19.8 Å². The number of ether oxygens (including phenoxy) is 1. The van der Waals surface area contributed by atoms with Crippen molar-refractivity contribution < 1.29 is 9.15 Å². The molecule has 0 fully saturated rings. The molecule has 3 nitrogen and oxygen atoms in total. The third kappa shape index (κ3) is 4.49. The number of aryl methyl sites for hydroxylation is 1. The third-order valence-corrected chi connectivity index (χ3v) is 2.31. The predicted octanol–water partition coefficient (Wildman–Crippen LogP) is 2.67. The molecule has 86 valence electrons. The van der Waals surface area contributed by atoms with Gasteiger partial charge in [0.25, 0.3) is 0 Å². The summed E-state index contributed by atoms with van der Waals surface area (Å²) in [5.74, 6) is 1.97. The summed E-state index contributed by atoms with van der Waals surface area (Å²) in [4.78, 5) is 0. The minimum absolute atomic E-state index is 0.278. The normalized spacial score (nSPS) is 13.0. The van der Waals surface area contributed by atoms with E-state index in [1.807, 2.05) is 26.0 Å². The Hall–Kier alpha value is -0.800. The van der Waals surface area contributed by atoms with E-state index < -0.39 is 0 Å². The molecule has 1 unspecified atom stereocenters. The molecule has 1 aromatic heterocycles. The van der Waals surface area contributed by atoms with Crippen LogP contribution in [0.1, 0.15) is 37.8 Å². The third-order valence-electron chi connectivity index (χ3n) is 2.31. The Kier molecular flexibility index (Phi) is 5.43. The zero-order valence-corrected chi connectivity index (χ0v) is 9.88. The van der Waals surface area contributed by atoms with Crippen molar-refractivity contribution in [3.8, 4) is 0 Å². The molecule has 0 spiro atoms. The summed E-state index contributed by atoms with van der Waals surface area (Å²) in [6.07, 6.45) is 1.04. The molecule has 1 aromatic rings. The quantitative estimate of drug-likeness (QED) is 0.704. The van der Waals surface area contributed by atoms with Crippen LogP contribution in [0.5, 0.6) is 0 Å². The summed E-state index contributed by atoms with van der Waals surface area (Å²) >= 11 is 0. The summed E-state index contributed by atoms with van der Waals surface area (Å²) in [5.41, 5.74) is 0. The van der Waals surface area contributed by atoms with Crippen LogP contribution in [0.25, 0.3) is 0 Å². The number of hydrogen-bond acceptors (Lipinski definition) is 3. The van der Waals surface area contributed by atoms with Gasteiger partial charge in [-0.25, -0.2) is 0 Å². The molecule has 15 heavy (non-hydrogen) atoms. The summed E-state index contributed by atoms with van der Waals surface area (Å²) in [7, 11) is 0. The average molecular weight is 211 g/mol. The second-order valence-electron chi connectivity index (χ2n) is 3.67. The molecule has 1 rings (SSSR count). The van der Waals surface area contributed by atoms with Gasteiger partial charge in [-0.05, 0) is 45.9 Å². The lowest BCUT2D eigenvalue weighted by atomic mass is 10.2. The molecular weight excluding hydrogens is 190 g/mol. The molecule has 1 heterocycles. The van der Waals surface area contributed by atoms with E-state index in [4.69, 9.17) is 9.15 Å². The van der Waals surface area contributed by atoms with Gasteiger partial charge in [-0.1, -0.05) is 0 Å². The summed E-state index contributed by atoms with van der Waals surface area (Å²) in [6.45, 7) is 8.67. The van der Waals surface area contributed by atoms with Crippen molar-refractivity contribution >= 4 is 0 Å². The van der Waals surface area contributed by atoms with Gasteiger partial charge in [-0.3, -0.25) is 0 Å². The number of hydrogen-bond donors (Lipinski definition) is 1. The Balaban J connectivity index is 2.16.